The van der Waals surface area contributed by atoms with Gasteiger partial charge in [-0.2, -0.15) is 5.10 Å². The summed E-state index contributed by atoms with van der Waals surface area (Å²) in [5.41, 5.74) is 0.672. The van der Waals surface area contributed by atoms with Gasteiger partial charge in [0.15, 0.2) is 5.78 Å². The smallest absolute Gasteiger partial charge is 0.189 e. The maximum absolute atomic E-state index is 13.5. The van der Waals surface area contributed by atoms with Crippen molar-refractivity contribution in [1.29, 1.82) is 0 Å². The van der Waals surface area contributed by atoms with Crippen LogP contribution in [0.1, 0.15) is 22.8 Å². The summed E-state index contributed by atoms with van der Waals surface area (Å²) in [6.07, 6.45) is 5.80. The summed E-state index contributed by atoms with van der Waals surface area (Å²) in [5, 5.41) is 4.28. The molecule has 0 atom stereocenters. The third kappa shape index (κ3) is 3.09. The number of aryl methyl sites for hydroxylation is 1. The molecule has 0 aliphatic heterocycles. The first-order valence-corrected chi connectivity index (χ1v) is 6.18. The van der Waals surface area contributed by atoms with Gasteiger partial charge in [0.1, 0.15) is 5.82 Å². The van der Waals surface area contributed by atoms with Gasteiger partial charge < -0.3 is 0 Å². The zero-order valence-electron chi connectivity index (χ0n) is 10.3. The molecule has 2 aromatic rings. The van der Waals surface area contributed by atoms with E-state index < -0.39 is 5.82 Å². The van der Waals surface area contributed by atoms with Crippen LogP contribution in [0.4, 0.5) is 4.39 Å². The van der Waals surface area contributed by atoms with Crippen molar-refractivity contribution in [3.05, 3.63) is 58.6 Å². The van der Waals surface area contributed by atoms with Gasteiger partial charge in [0.25, 0.3) is 0 Å². The molecule has 0 saturated carbocycles. The summed E-state index contributed by atoms with van der Waals surface area (Å²) >= 11 is 5.87. The van der Waals surface area contributed by atoms with Crippen LogP contribution in [0.25, 0.3) is 6.08 Å². The van der Waals surface area contributed by atoms with Crippen molar-refractivity contribution in [2.24, 2.45) is 0 Å². The van der Waals surface area contributed by atoms with Crippen LogP contribution >= 0.6 is 11.6 Å². The van der Waals surface area contributed by atoms with Crippen molar-refractivity contribution in [2.75, 3.05) is 0 Å². The van der Waals surface area contributed by atoms with Gasteiger partial charge in [-0.05, 0) is 31.2 Å². The molecule has 0 N–H and O–H groups in total. The van der Waals surface area contributed by atoms with E-state index in [0.29, 0.717) is 12.1 Å². The Kier molecular flexibility index (Phi) is 4.12. The lowest BCUT2D eigenvalue weighted by molar-refractivity contribution is 0.104. The summed E-state index contributed by atoms with van der Waals surface area (Å²) in [7, 11) is 0. The molecule has 0 radical (unpaired) electrons. The Morgan fingerprint density at radius 3 is 2.95 bits per heavy atom. The minimum Gasteiger partial charge on any atom is -0.289 e. The van der Waals surface area contributed by atoms with Crippen molar-refractivity contribution in [2.45, 2.75) is 13.5 Å². The zero-order chi connectivity index (χ0) is 13.8. The van der Waals surface area contributed by atoms with Crippen molar-refractivity contribution in [1.82, 2.24) is 9.78 Å². The van der Waals surface area contributed by atoms with Crippen molar-refractivity contribution >= 4 is 23.5 Å². The molecular weight excluding hydrogens is 267 g/mol. The second kappa shape index (κ2) is 5.80. The second-order valence-electron chi connectivity index (χ2n) is 3.92. The van der Waals surface area contributed by atoms with Crippen LogP contribution < -0.4 is 0 Å². The highest BCUT2D eigenvalue weighted by Crippen LogP contribution is 2.20. The molecule has 0 unspecified atom stereocenters. The van der Waals surface area contributed by atoms with Gasteiger partial charge in [0, 0.05) is 18.3 Å². The Labute approximate surface area is 115 Å². The minimum atomic E-state index is -0.458. The van der Waals surface area contributed by atoms with Crippen LogP contribution in [0.15, 0.2) is 36.7 Å². The molecule has 1 heterocycles. The molecule has 0 spiro atoms. The van der Waals surface area contributed by atoms with Gasteiger partial charge in [-0.15, -0.1) is 0 Å². The van der Waals surface area contributed by atoms with Crippen LogP contribution in [0, 0.1) is 5.82 Å². The fraction of sp³-hybridized carbons (Fsp3) is 0.143. The molecule has 0 amide bonds. The maximum atomic E-state index is 13.5. The predicted octanol–water partition coefficient (Wildman–Crippen LogP) is 3.59. The van der Waals surface area contributed by atoms with Crippen LogP contribution in [0.2, 0.25) is 5.02 Å². The number of nitrogens with zero attached hydrogens (tertiary/aromatic N) is 2. The fourth-order valence-corrected chi connectivity index (χ4v) is 1.81. The van der Waals surface area contributed by atoms with E-state index in [1.165, 1.54) is 30.5 Å². The molecule has 5 heteroatoms. The SMILES string of the molecule is CCn1cc(C(=O)/C=C/c2c(F)cccc2Cl)cn1. The average molecular weight is 279 g/mol. The summed E-state index contributed by atoms with van der Waals surface area (Å²) in [6, 6.07) is 4.39. The van der Waals surface area contributed by atoms with Crippen LogP contribution in [-0.4, -0.2) is 15.6 Å². The number of carbonyl (C=O) groups excluding carboxylic acids is 1. The summed E-state index contributed by atoms with van der Waals surface area (Å²) in [6.45, 7) is 2.62. The number of halogens is 2. The van der Waals surface area contributed by atoms with Gasteiger partial charge in [-0.3, -0.25) is 9.48 Å². The Morgan fingerprint density at radius 1 is 1.53 bits per heavy atom. The molecule has 1 aromatic heterocycles. The van der Waals surface area contributed by atoms with Crippen molar-refractivity contribution in [3.63, 3.8) is 0 Å². The number of rotatable bonds is 4. The van der Waals surface area contributed by atoms with E-state index in [2.05, 4.69) is 5.10 Å². The molecule has 98 valence electrons. The normalized spacial score (nSPS) is 11.1. The first-order valence-electron chi connectivity index (χ1n) is 5.80. The number of ketones is 1. The zero-order valence-corrected chi connectivity index (χ0v) is 11.1. The summed E-state index contributed by atoms with van der Waals surface area (Å²) in [4.78, 5) is 11.9. The number of allylic oxidation sites excluding steroid dienone is 1. The van der Waals surface area contributed by atoms with E-state index >= 15 is 0 Å². The molecule has 0 aliphatic rings. The Bertz CT molecular complexity index is 614. The van der Waals surface area contributed by atoms with Crippen molar-refractivity contribution in [3.8, 4) is 0 Å². The van der Waals surface area contributed by atoms with E-state index in [4.69, 9.17) is 11.6 Å². The first-order chi connectivity index (χ1) is 9.11. The van der Waals surface area contributed by atoms with Gasteiger partial charge in [-0.25, -0.2) is 4.39 Å². The quantitative estimate of drug-likeness (QED) is 0.633. The molecule has 0 saturated heterocycles. The molecular formula is C14H12ClFN2O. The molecule has 3 nitrogen and oxygen atoms in total. The Balaban J connectivity index is 2.20. The van der Waals surface area contributed by atoms with E-state index in [1.54, 1.807) is 16.9 Å². The molecule has 19 heavy (non-hydrogen) atoms. The topological polar surface area (TPSA) is 34.9 Å². The second-order valence-corrected chi connectivity index (χ2v) is 4.32. The number of aromatic nitrogens is 2. The highest BCUT2D eigenvalue weighted by Gasteiger charge is 2.07. The Hall–Kier alpha value is -1.94. The van der Waals surface area contributed by atoms with E-state index in [-0.39, 0.29) is 16.4 Å². The molecule has 0 aliphatic carbocycles. The van der Waals surface area contributed by atoms with E-state index in [9.17, 15) is 9.18 Å². The third-order valence-electron chi connectivity index (χ3n) is 2.64. The van der Waals surface area contributed by atoms with Crippen LogP contribution in [0.5, 0.6) is 0 Å². The average Bonchev–Trinajstić information content (AvgIpc) is 2.86. The van der Waals surface area contributed by atoms with Gasteiger partial charge in [0.2, 0.25) is 0 Å². The summed E-state index contributed by atoms with van der Waals surface area (Å²) < 4.78 is 15.1. The number of carbonyl (C=O) groups is 1. The molecule has 2 rings (SSSR count). The summed E-state index contributed by atoms with van der Waals surface area (Å²) in [5.74, 6) is -0.695. The standard InChI is InChI=1S/C14H12ClFN2O/c1-2-18-9-10(8-17-18)14(19)7-6-11-12(15)4-3-5-13(11)16/h3-9H,2H2,1H3/b7-6+. The number of hydrogen-bond acceptors (Lipinski definition) is 2. The third-order valence-corrected chi connectivity index (χ3v) is 2.97. The first kappa shape index (κ1) is 13.5. The number of benzene rings is 1. The largest absolute Gasteiger partial charge is 0.289 e. The van der Waals surface area contributed by atoms with Crippen LogP contribution in [0.3, 0.4) is 0 Å². The highest BCUT2D eigenvalue weighted by atomic mass is 35.5. The lowest BCUT2D eigenvalue weighted by Crippen LogP contribution is -1.94. The van der Waals surface area contributed by atoms with Gasteiger partial charge in [0.05, 0.1) is 16.8 Å². The minimum absolute atomic E-state index is 0.209. The number of hydrogen-bond donors (Lipinski definition) is 0. The Morgan fingerprint density at radius 2 is 2.32 bits per heavy atom. The lowest BCUT2D eigenvalue weighted by atomic mass is 10.1. The lowest BCUT2D eigenvalue weighted by Gasteiger charge is -1.98. The fourth-order valence-electron chi connectivity index (χ4n) is 1.59. The predicted molar refractivity (Wildman–Crippen MR) is 72.7 cm³/mol. The van der Waals surface area contributed by atoms with E-state index in [1.807, 2.05) is 6.92 Å². The van der Waals surface area contributed by atoms with Gasteiger partial charge >= 0.3 is 0 Å². The molecule has 0 fully saturated rings. The van der Waals surface area contributed by atoms with Crippen molar-refractivity contribution < 1.29 is 9.18 Å². The van der Waals surface area contributed by atoms with Gasteiger partial charge in [-0.1, -0.05) is 17.7 Å². The maximum Gasteiger partial charge on any atom is 0.189 e. The molecule has 0 bridgehead atoms. The van der Waals surface area contributed by atoms with Crippen LogP contribution in [-0.2, 0) is 6.54 Å². The monoisotopic (exact) mass is 278 g/mol. The highest BCUT2D eigenvalue weighted by molar-refractivity contribution is 6.32. The van der Waals surface area contributed by atoms with E-state index in [0.717, 1.165) is 0 Å². The molecule has 1 aromatic carbocycles.